The van der Waals surface area contributed by atoms with Crippen LogP contribution in [0.25, 0.3) is 0 Å². The zero-order chi connectivity index (χ0) is 28.2. The number of nitrogens with zero attached hydrogens (tertiary/aromatic N) is 4. The highest BCUT2D eigenvalue weighted by atomic mass is 35.5. The molecule has 8 nitrogen and oxygen atoms in total. The van der Waals surface area contributed by atoms with Crippen LogP contribution < -0.4 is 10.2 Å². The number of likely N-dealkylation sites (tertiary alicyclic amines) is 1. The average Bonchev–Trinajstić information content (AvgIpc) is 3.44. The van der Waals surface area contributed by atoms with E-state index in [4.69, 9.17) is 23.2 Å². The van der Waals surface area contributed by atoms with Crippen molar-refractivity contribution in [3.63, 3.8) is 0 Å². The zero-order valence-electron chi connectivity index (χ0n) is 21.7. The van der Waals surface area contributed by atoms with Crippen molar-refractivity contribution in [1.29, 1.82) is 5.26 Å². The van der Waals surface area contributed by atoms with Crippen LogP contribution in [0.2, 0.25) is 10.0 Å². The van der Waals surface area contributed by atoms with Crippen LogP contribution in [-0.4, -0.2) is 59.9 Å². The number of urea groups is 1. The van der Waals surface area contributed by atoms with E-state index in [1.165, 1.54) is 23.1 Å². The highest BCUT2D eigenvalue weighted by Gasteiger charge is 2.65. The summed E-state index contributed by atoms with van der Waals surface area (Å²) < 4.78 is 0. The van der Waals surface area contributed by atoms with Crippen molar-refractivity contribution in [2.45, 2.75) is 24.3 Å². The summed E-state index contributed by atoms with van der Waals surface area (Å²) in [5.41, 5.74) is 2.78. The second-order valence-corrected chi connectivity index (χ2v) is 11.3. The normalized spacial score (nSPS) is 21.9. The van der Waals surface area contributed by atoms with Gasteiger partial charge < -0.3 is 15.1 Å². The molecule has 1 spiro atoms. The molecule has 0 aliphatic carbocycles. The first kappa shape index (κ1) is 26.2. The predicted octanol–water partition coefficient (Wildman–Crippen LogP) is 5.55. The van der Waals surface area contributed by atoms with Gasteiger partial charge in [-0.05, 0) is 72.5 Å². The van der Waals surface area contributed by atoms with Gasteiger partial charge in [-0.15, -0.1) is 0 Å². The summed E-state index contributed by atoms with van der Waals surface area (Å²) in [6, 6.07) is 18.7. The number of fused-ring (bicyclic) bond motifs is 1. The number of likely N-dealkylation sites (N-methyl/N-ethyl adjacent to an activating group) is 1. The van der Waals surface area contributed by atoms with Gasteiger partial charge >= 0.3 is 6.03 Å². The highest BCUT2D eigenvalue weighted by Crippen LogP contribution is 2.47. The maximum atomic E-state index is 14.4. The minimum absolute atomic E-state index is 0. The molecule has 4 amide bonds. The quantitative estimate of drug-likeness (QED) is 0.413. The van der Waals surface area contributed by atoms with E-state index < -0.39 is 23.4 Å². The molecule has 3 aromatic carbocycles. The van der Waals surface area contributed by atoms with Crippen LogP contribution in [0.4, 0.5) is 16.2 Å². The fraction of sp³-hybridized carbons (Fsp3) is 0.267. The lowest BCUT2D eigenvalue weighted by Gasteiger charge is -2.33. The van der Waals surface area contributed by atoms with E-state index in [-0.39, 0.29) is 26.1 Å². The van der Waals surface area contributed by atoms with Crippen molar-refractivity contribution in [3.8, 4) is 6.07 Å². The van der Waals surface area contributed by atoms with E-state index in [0.717, 1.165) is 41.1 Å². The molecule has 0 unspecified atom stereocenters. The molecule has 3 aliphatic rings. The molecule has 2 fully saturated rings. The van der Waals surface area contributed by atoms with E-state index in [1.807, 2.05) is 12.1 Å². The van der Waals surface area contributed by atoms with Crippen molar-refractivity contribution in [2.75, 3.05) is 36.9 Å². The standard InChI is InChI=1S/C30H25Cl2N5O3.H2/c1-35-29(40)37(24-13-22(31)12-23(32)14-24)28(39)30(35)17-36(16-25(30)19-6-4-18(15-33)5-7-19)27(38)21-8-9-26-20(11-21)3-2-10-34-26;/h4-9,11-14,25,34H,2-3,10,16-17H2,1H3;1H/t25-,30+;/m0./s1. The smallest absolute Gasteiger partial charge is 0.332 e. The number of amides is 4. The lowest BCUT2D eigenvalue weighted by molar-refractivity contribution is -0.124. The molecule has 3 heterocycles. The van der Waals surface area contributed by atoms with E-state index in [2.05, 4.69) is 11.4 Å². The average molecular weight is 576 g/mol. The maximum Gasteiger partial charge on any atom is 0.332 e. The number of nitrogens with one attached hydrogen (secondary N) is 1. The first-order valence-corrected chi connectivity index (χ1v) is 13.7. The molecule has 0 bridgehead atoms. The summed E-state index contributed by atoms with van der Waals surface area (Å²) in [6.45, 7) is 1.13. The van der Waals surface area contributed by atoms with E-state index in [0.29, 0.717) is 21.2 Å². The fourth-order valence-electron chi connectivity index (χ4n) is 6.15. The molecule has 0 saturated carbocycles. The second kappa shape index (κ2) is 9.84. The van der Waals surface area contributed by atoms with Crippen LogP contribution >= 0.6 is 23.2 Å². The number of carbonyl (C=O) groups excluding carboxylic acids is 3. The van der Waals surface area contributed by atoms with Gasteiger partial charge in [0.15, 0.2) is 0 Å². The summed E-state index contributed by atoms with van der Waals surface area (Å²) in [6.07, 6.45) is 1.87. The molecule has 204 valence electrons. The third-order valence-electron chi connectivity index (χ3n) is 8.19. The lowest BCUT2D eigenvalue weighted by Crippen LogP contribution is -2.54. The largest absolute Gasteiger partial charge is 0.385 e. The number of imide groups is 1. The Labute approximate surface area is 243 Å². The van der Waals surface area contributed by atoms with Crippen LogP contribution in [0.3, 0.4) is 0 Å². The van der Waals surface area contributed by atoms with Crippen LogP contribution in [0.1, 0.15) is 40.8 Å². The molecule has 40 heavy (non-hydrogen) atoms. The summed E-state index contributed by atoms with van der Waals surface area (Å²) in [5.74, 6) is -1.20. The summed E-state index contributed by atoms with van der Waals surface area (Å²) in [5, 5.41) is 13.2. The van der Waals surface area contributed by atoms with Crippen molar-refractivity contribution >= 4 is 52.4 Å². The molecule has 6 rings (SSSR count). The van der Waals surface area contributed by atoms with Crippen molar-refractivity contribution < 1.29 is 15.8 Å². The summed E-state index contributed by atoms with van der Waals surface area (Å²) in [7, 11) is 1.58. The zero-order valence-corrected chi connectivity index (χ0v) is 23.2. The maximum absolute atomic E-state index is 14.4. The third-order valence-corrected chi connectivity index (χ3v) is 8.62. The Morgan fingerprint density at radius 3 is 2.50 bits per heavy atom. The van der Waals surface area contributed by atoms with E-state index >= 15 is 0 Å². The number of nitriles is 1. The second-order valence-electron chi connectivity index (χ2n) is 10.4. The van der Waals surface area contributed by atoms with Crippen LogP contribution in [-0.2, 0) is 11.2 Å². The Morgan fingerprint density at radius 2 is 1.80 bits per heavy atom. The Kier molecular flexibility index (Phi) is 6.44. The minimum atomic E-state index is -1.37. The number of hydrogen-bond donors (Lipinski definition) is 1. The summed E-state index contributed by atoms with van der Waals surface area (Å²) in [4.78, 5) is 46.1. The first-order valence-electron chi connectivity index (χ1n) is 13.0. The monoisotopic (exact) mass is 575 g/mol. The Bertz CT molecular complexity index is 1590. The molecule has 1 N–H and O–H groups in total. The van der Waals surface area contributed by atoms with Gasteiger partial charge in [0.25, 0.3) is 11.8 Å². The van der Waals surface area contributed by atoms with Crippen LogP contribution in [0, 0.1) is 11.3 Å². The van der Waals surface area contributed by atoms with Crippen molar-refractivity contribution in [2.24, 2.45) is 0 Å². The van der Waals surface area contributed by atoms with Gasteiger partial charge in [0, 0.05) is 48.8 Å². The number of benzene rings is 3. The van der Waals surface area contributed by atoms with E-state index in [1.54, 1.807) is 42.3 Å². The van der Waals surface area contributed by atoms with Gasteiger partial charge in [0.1, 0.15) is 5.54 Å². The number of aryl methyl sites for hydroxylation is 1. The third kappa shape index (κ3) is 4.09. The highest BCUT2D eigenvalue weighted by molar-refractivity contribution is 6.36. The van der Waals surface area contributed by atoms with Crippen LogP contribution in [0.15, 0.2) is 60.7 Å². The van der Waals surface area contributed by atoms with Gasteiger partial charge in [-0.1, -0.05) is 35.3 Å². The Balaban J connectivity index is 0.00000337. The van der Waals surface area contributed by atoms with Gasteiger partial charge in [-0.2, -0.15) is 5.26 Å². The van der Waals surface area contributed by atoms with Crippen LogP contribution in [0.5, 0.6) is 0 Å². The molecule has 10 heteroatoms. The number of halogens is 2. The van der Waals surface area contributed by atoms with Gasteiger partial charge in [-0.3, -0.25) is 9.59 Å². The Morgan fingerprint density at radius 1 is 1.07 bits per heavy atom. The molecule has 0 aromatic heterocycles. The van der Waals surface area contributed by atoms with Gasteiger partial charge in [0.05, 0.1) is 23.9 Å². The van der Waals surface area contributed by atoms with E-state index in [9.17, 15) is 19.6 Å². The fourth-order valence-corrected chi connectivity index (χ4v) is 6.67. The molecule has 2 saturated heterocycles. The molecule has 3 aliphatic heterocycles. The Hall–Kier alpha value is -4.06. The molecule has 2 atom stereocenters. The molecular weight excluding hydrogens is 549 g/mol. The molecule has 0 radical (unpaired) electrons. The van der Waals surface area contributed by atoms with Gasteiger partial charge in [-0.25, -0.2) is 9.69 Å². The van der Waals surface area contributed by atoms with Crippen molar-refractivity contribution in [3.05, 3.63) is 93.0 Å². The van der Waals surface area contributed by atoms with Crippen molar-refractivity contribution in [1.82, 2.24) is 9.80 Å². The molecule has 3 aromatic rings. The SMILES string of the molecule is CN1C(=O)N(c2cc(Cl)cc(Cl)c2)C(=O)[C@]12CN(C(=O)c1ccc3c(c1)CCCN3)C[C@H]2c1ccc(C#N)cc1.[HH]. The number of carbonyl (C=O) groups is 3. The number of hydrogen-bond acceptors (Lipinski definition) is 5. The topological polar surface area (TPSA) is 96.8 Å². The minimum Gasteiger partial charge on any atom is -0.385 e. The predicted molar refractivity (Wildman–Crippen MR) is 155 cm³/mol. The summed E-state index contributed by atoms with van der Waals surface area (Å²) >= 11 is 12.4. The number of anilines is 2. The molecular formula is C30H27Cl2N5O3. The first-order chi connectivity index (χ1) is 19.2. The van der Waals surface area contributed by atoms with Gasteiger partial charge in [0.2, 0.25) is 0 Å². The lowest BCUT2D eigenvalue weighted by atomic mass is 9.80. The number of rotatable bonds is 3.